The van der Waals surface area contributed by atoms with Gasteiger partial charge in [0.05, 0.1) is 11.0 Å². The van der Waals surface area contributed by atoms with Crippen LogP contribution in [0.3, 0.4) is 0 Å². The van der Waals surface area contributed by atoms with Gasteiger partial charge in [0.25, 0.3) is 11.6 Å². The van der Waals surface area contributed by atoms with Crippen LogP contribution in [0.5, 0.6) is 5.75 Å². The molecule has 0 saturated carbocycles. The number of anilines is 1. The van der Waals surface area contributed by atoms with Crippen molar-refractivity contribution >= 4 is 17.3 Å². The Labute approximate surface area is 151 Å². The number of carbonyl (C=O) groups is 1. The van der Waals surface area contributed by atoms with E-state index in [0.717, 1.165) is 19.4 Å². The highest BCUT2D eigenvalue weighted by molar-refractivity contribution is 6.04. The average Bonchev–Trinajstić information content (AvgIpc) is 3.14. The summed E-state index contributed by atoms with van der Waals surface area (Å²) in [6, 6.07) is 11.4. The smallest absolute Gasteiger partial charge is 0.273 e. The fourth-order valence-corrected chi connectivity index (χ4v) is 2.78. The Bertz CT molecular complexity index is 815. The van der Waals surface area contributed by atoms with Crippen LogP contribution in [0.25, 0.3) is 0 Å². The van der Waals surface area contributed by atoms with E-state index in [9.17, 15) is 14.9 Å². The molecule has 2 aromatic carbocycles. The Kier molecular flexibility index (Phi) is 5.48. The molecule has 1 amide bonds. The van der Waals surface area contributed by atoms with Gasteiger partial charge in [0.1, 0.15) is 12.4 Å². The molecule has 7 nitrogen and oxygen atoms in total. The Morgan fingerprint density at radius 2 is 2.19 bits per heavy atom. The SMILES string of the molecule is Cc1ccc(C(=O)Nc2cccc(OCC3CCCO3)c2)cc1[N+](=O)[O-]. The number of nitrogens with one attached hydrogen (secondary N) is 1. The molecule has 0 bridgehead atoms. The third kappa shape index (κ3) is 4.37. The standard InChI is InChI=1S/C19H20N2O5/c1-13-7-8-14(10-18(13)21(23)24)19(22)20-15-4-2-5-16(11-15)26-12-17-6-3-9-25-17/h2,4-5,7-8,10-11,17H,3,6,9,12H2,1H3,(H,20,22). The summed E-state index contributed by atoms with van der Waals surface area (Å²) >= 11 is 0. The monoisotopic (exact) mass is 356 g/mol. The molecule has 0 spiro atoms. The highest BCUT2D eigenvalue weighted by Gasteiger charge is 2.17. The number of carbonyl (C=O) groups excluding carboxylic acids is 1. The number of benzene rings is 2. The second-order valence-electron chi connectivity index (χ2n) is 6.19. The zero-order chi connectivity index (χ0) is 18.5. The van der Waals surface area contributed by atoms with Gasteiger partial charge in [-0.2, -0.15) is 0 Å². The van der Waals surface area contributed by atoms with Gasteiger partial charge in [-0.05, 0) is 38.0 Å². The molecule has 26 heavy (non-hydrogen) atoms. The van der Waals surface area contributed by atoms with Gasteiger partial charge in [-0.15, -0.1) is 0 Å². The van der Waals surface area contributed by atoms with E-state index < -0.39 is 10.8 Å². The Balaban J connectivity index is 1.66. The van der Waals surface area contributed by atoms with Crippen LogP contribution in [0.15, 0.2) is 42.5 Å². The summed E-state index contributed by atoms with van der Waals surface area (Å²) < 4.78 is 11.2. The minimum absolute atomic E-state index is 0.0775. The predicted octanol–water partition coefficient (Wildman–Crippen LogP) is 3.71. The maximum atomic E-state index is 12.4. The van der Waals surface area contributed by atoms with E-state index in [0.29, 0.717) is 23.6 Å². The summed E-state index contributed by atoms with van der Waals surface area (Å²) in [6.07, 6.45) is 2.15. The first-order chi connectivity index (χ1) is 12.5. The summed E-state index contributed by atoms with van der Waals surface area (Å²) in [4.78, 5) is 22.9. The molecule has 1 heterocycles. The lowest BCUT2D eigenvalue weighted by atomic mass is 10.1. The second kappa shape index (κ2) is 7.97. The van der Waals surface area contributed by atoms with Crippen LogP contribution in [0.4, 0.5) is 11.4 Å². The largest absolute Gasteiger partial charge is 0.491 e. The number of hydrogen-bond acceptors (Lipinski definition) is 5. The van der Waals surface area contributed by atoms with Crippen LogP contribution >= 0.6 is 0 Å². The van der Waals surface area contributed by atoms with Crippen LogP contribution in [-0.2, 0) is 4.74 Å². The van der Waals surface area contributed by atoms with Gasteiger partial charge >= 0.3 is 0 Å². The molecular weight excluding hydrogens is 336 g/mol. The second-order valence-corrected chi connectivity index (χ2v) is 6.19. The zero-order valence-electron chi connectivity index (χ0n) is 14.4. The van der Waals surface area contributed by atoms with Gasteiger partial charge < -0.3 is 14.8 Å². The molecule has 1 aliphatic heterocycles. The van der Waals surface area contributed by atoms with Crippen molar-refractivity contribution in [3.05, 3.63) is 63.7 Å². The normalized spacial score (nSPS) is 16.3. The van der Waals surface area contributed by atoms with E-state index in [2.05, 4.69) is 5.32 Å². The number of rotatable bonds is 6. The molecule has 3 rings (SSSR count). The van der Waals surface area contributed by atoms with E-state index >= 15 is 0 Å². The van der Waals surface area contributed by atoms with Crippen molar-refractivity contribution in [2.75, 3.05) is 18.5 Å². The topological polar surface area (TPSA) is 90.7 Å². The molecule has 2 aromatic rings. The molecule has 1 unspecified atom stereocenters. The molecule has 1 N–H and O–H groups in total. The van der Waals surface area contributed by atoms with Gasteiger partial charge in [0, 0.05) is 35.6 Å². The maximum Gasteiger partial charge on any atom is 0.273 e. The number of amides is 1. The van der Waals surface area contributed by atoms with Crippen molar-refractivity contribution in [1.29, 1.82) is 0 Å². The van der Waals surface area contributed by atoms with Crippen molar-refractivity contribution in [3.8, 4) is 5.75 Å². The number of aryl methyl sites for hydroxylation is 1. The van der Waals surface area contributed by atoms with Crippen molar-refractivity contribution < 1.29 is 19.2 Å². The fraction of sp³-hybridized carbons (Fsp3) is 0.316. The number of hydrogen-bond donors (Lipinski definition) is 1. The molecule has 136 valence electrons. The third-order valence-electron chi connectivity index (χ3n) is 4.22. The first kappa shape index (κ1) is 17.9. The van der Waals surface area contributed by atoms with E-state index in [1.54, 1.807) is 43.3 Å². The number of nitro groups is 1. The van der Waals surface area contributed by atoms with Crippen molar-refractivity contribution in [3.63, 3.8) is 0 Å². The molecular formula is C19H20N2O5. The van der Waals surface area contributed by atoms with E-state index in [4.69, 9.17) is 9.47 Å². The first-order valence-electron chi connectivity index (χ1n) is 8.44. The summed E-state index contributed by atoms with van der Waals surface area (Å²) in [5.41, 5.74) is 1.22. The highest BCUT2D eigenvalue weighted by atomic mass is 16.6. The quantitative estimate of drug-likeness (QED) is 0.629. The predicted molar refractivity (Wildman–Crippen MR) is 96.7 cm³/mol. The lowest BCUT2D eigenvalue weighted by Gasteiger charge is -2.12. The van der Waals surface area contributed by atoms with Crippen LogP contribution in [0.1, 0.15) is 28.8 Å². The molecule has 0 radical (unpaired) electrons. The Morgan fingerprint density at radius 1 is 1.35 bits per heavy atom. The van der Waals surface area contributed by atoms with Gasteiger partial charge in [0.15, 0.2) is 0 Å². The Morgan fingerprint density at radius 3 is 2.92 bits per heavy atom. The van der Waals surface area contributed by atoms with E-state index in [-0.39, 0.29) is 17.4 Å². The van der Waals surface area contributed by atoms with Gasteiger partial charge in [-0.25, -0.2) is 0 Å². The zero-order valence-corrected chi connectivity index (χ0v) is 14.4. The molecule has 1 saturated heterocycles. The summed E-state index contributed by atoms with van der Waals surface area (Å²) in [7, 11) is 0. The highest BCUT2D eigenvalue weighted by Crippen LogP contribution is 2.22. The maximum absolute atomic E-state index is 12.4. The summed E-state index contributed by atoms with van der Waals surface area (Å²) in [5, 5.41) is 13.8. The molecule has 7 heteroatoms. The van der Waals surface area contributed by atoms with E-state index in [1.807, 2.05) is 0 Å². The number of ether oxygens (including phenoxy) is 2. The molecule has 0 aromatic heterocycles. The first-order valence-corrected chi connectivity index (χ1v) is 8.44. The van der Waals surface area contributed by atoms with Crippen LogP contribution in [0, 0.1) is 17.0 Å². The molecule has 1 atom stereocenters. The summed E-state index contributed by atoms with van der Waals surface area (Å²) in [6.45, 7) is 2.88. The van der Waals surface area contributed by atoms with Crippen molar-refractivity contribution in [2.24, 2.45) is 0 Å². The molecule has 0 aliphatic carbocycles. The van der Waals surface area contributed by atoms with Crippen LogP contribution < -0.4 is 10.1 Å². The molecule has 1 aliphatic rings. The third-order valence-corrected chi connectivity index (χ3v) is 4.22. The van der Waals surface area contributed by atoms with E-state index in [1.165, 1.54) is 6.07 Å². The lowest BCUT2D eigenvalue weighted by Crippen LogP contribution is -2.16. The summed E-state index contributed by atoms with van der Waals surface area (Å²) in [5.74, 6) is 0.220. The van der Waals surface area contributed by atoms with Crippen LogP contribution in [-0.4, -0.2) is 30.1 Å². The number of nitro benzene ring substituents is 1. The van der Waals surface area contributed by atoms with Gasteiger partial charge in [-0.1, -0.05) is 12.1 Å². The Hall–Kier alpha value is -2.93. The van der Waals surface area contributed by atoms with Gasteiger partial charge in [0.2, 0.25) is 0 Å². The number of nitrogens with zero attached hydrogens (tertiary/aromatic N) is 1. The minimum Gasteiger partial charge on any atom is -0.491 e. The van der Waals surface area contributed by atoms with Crippen molar-refractivity contribution in [2.45, 2.75) is 25.9 Å². The lowest BCUT2D eigenvalue weighted by molar-refractivity contribution is -0.385. The minimum atomic E-state index is -0.494. The van der Waals surface area contributed by atoms with Gasteiger partial charge in [-0.3, -0.25) is 14.9 Å². The van der Waals surface area contributed by atoms with Crippen LogP contribution in [0.2, 0.25) is 0 Å². The fourth-order valence-electron chi connectivity index (χ4n) is 2.78. The molecule has 1 fully saturated rings. The average molecular weight is 356 g/mol. The van der Waals surface area contributed by atoms with Crippen molar-refractivity contribution in [1.82, 2.24) is 0 Å².